The van der Waals surface area contributed by atoms with E-state index < -0.39 is 5.60 Å². The molecule has 0 radical (unpaired) electrons. The Hall–Kier alpha value is -1.86. The lowest BCUT2D eigenvalue weighted by molar-refractivity contribution is -0.155. The monoisotopic (exact) mass is 328 g/mol. The highest BCUT2D eigenvalue weighted by Crippen LogP contribution is 2.37. The van der Waals surface area contributed by atoms with Crippen LogP contribution in [0.1, 0.15) is 63.9 Å². The third-order valence-corrected chi connectivity index (χ3v) is 5.42. The molecule has 130 valence electrons. The van der Waals surface area contributed by atoms with E-state index in [0.717, 1.165) is 12.0 Å². The van der Waals surface area contributed by atoms with Crippen LogP contribution in [0.5, 0.6) is 0 Å². The zero-order valence-electron chi connectivity index (χ0n) is 14.2. The molecule has 1 aliphatic carbocycles. The van der Waals surface area contributed by atoms with Gasteiger partial charge in [0.25, 0.3) is 0 Å². The maximum Gasteiger partial charge on any atom is 0.220 e. The summed E-state index contributed by atoms with van der Waals surface area (Å²) in [5.74, 6) is 0.667. The van der Waals surface area contributed by atoms with Crippen LogP contribution in [-0.2, 0) is 15.1 Å². The Bertz CT molecular complexity index is 614. The predicted octanol–water partition coefficient (Wildman–Crippen LogP) is 3.90. The van der Waals surface area contributed by atoms with E-state index in [4.69, 9.17) is 10.00 Å². The smallest absolute Gasteiger partial charge is 0.220 e. The average Bonchev–Trinajstić information content (AvgIpc) is 2.83. The van der Waals surface area contributed by atoms with Crippen LogP contribution in [0.3, 0.4) is 0 Å². The van der Waals surface area contributed by atoms with E-state index in [2.05, 4.69) is 11.4 Å². The lowest BCUT2D eigenvalue weighted by Gasteiger charge is -2.42. The van der Waals surface area contributed by atoms with Gasteiger partial charge >= 0.3 is 0 Å². The number of hydrogen-bond donors (Lipinski definition) is 1. The van der Waals surface area contributed by atoms with Crippen molar-refractivity contribution in [1.29, 1.82) is 5.26 Å². The van der Waals surface area contributed by atoms with E-state index >= 15 is 0 Å². The summed E-state index contributed by atoms with van der Waals surface area (Å²) in [6.45, 7) is 1.20. The lowest BCUT2D eigenvalue weighted by atomic mass is 9.85. The fraction of sp³-hybridized carbons (Fsp3) is 0.600. The topological polar surface area (TPSA) is 62.1 Å². The minimum absolute atomic E-state index is 0. The van der Waals surface area contributed by atoms with Crippen molar-refractivity contribution in [2.75, 3.05) is 13.2 Å². The highest BCUT2D eigenvalue weighted by molar-refractivity contribution is 5.76. The largest absolute Gasteiger partial charge is 0.368 e. The van der Waals surface area contributed by atoms with Gasteiger partial charge in [-0.05, 0) is 36.5 Å². The van der Waals surface area contributed by atoms with Crippen LogP contribution in [0.4, 0.5) is 0 Å². The molecule has 1 amide bonds. The van der Waals surface area contributed by atoms with Crippen molar-refractivity contribution < 1.29 is 11.0 Å². The molecular weight excluding hydrogens is 300 g/mol. The van der Waals surface area contributed by atoms with E-state index in [-0.39, 0.29) is 7.33 Å². The first-order chi connectivity index (χ1) is 11.7. The molecule has 1 aliphatic heterocycles. The average molecular weight is 328 g/mol. The summed E-state index contributed by atoms with van der Waals surface area (Å²) >= 11 is 0. The van der Waals surface area contributed by atoms with Crippen molar-refractivity contribution >= 4 is 5.91 Å². The van der Waals surface area contributed by atoms with E-state index in [9.17, 15) is 4.79 Å². The first-order valence-corrected chi connectivity index (χ1v) is 9.13. The summed E-state index contributed by atoms with van der Waals surface area (Å²) in [5.41, 5.74) is 1.17. The van der Waals surface area contributed by atoms with E-state index in [1.807, 2.05) is 18.2 Å². The summed E-state index contributed by atoms with van der Waals surface area (Å²) < 4.78 is 5.84. The number of benzene rings is 1. The molecule has 0 unspecified atom stereocenters. The number of amides is 1. The van der Waals surface area contributed by atoms with Gasteiger partial charge in [0.15, 0.2) is 0 Å². The second-order valence-corrected chi connectivity index (χ2v) is 7.12. The van der Waals surface area contributed by atoms with E-state index in [1.54, 1.807) is 6.07 Å². The fourth-order valence-corrected chi connectivity index (χ4v) is 3.83. The van der Waals surface area contributed by atoms with Crippen molar-refractivity contribution in [2.24, 2.45) is 5.92 Å². The standard InChI is InChI=1S/C20H26N2O2.H2/c21-14-17-8-5-9-18(12-17)20(10-11-24-20)15-22-19(23)13-16-6-3-1-2-4-7-16;/h5,8-9,12,16H,1-4,6-7,10-11,13,15H2,(H,22,23);1H/t20-;/m0./s1. The summed E-state index contributed by atoms with van der Waals surface area (Å²) in [4.78, 5) is 12.3. The summed E-state index contributed by atoms with van der Waals surface area (Å²) in [6, 6.07) is 9.70. The Morgan fingerprint density at radius 1 is 1.33 bits per heavy atom. The number of hydrogen-bond acceptors (Lipinski definition) is 3. The second kappa shape index (κ2) is 7.81. The molecule has 0 spiro atoms. The van der Waals surface area contributed by atoms with Crippen LogP contribution in [0.2, 0.25) is 0 Å². The molecule has 1 atom stereocenters. The molecule has 1 saturated carbocycles. The zero-order chi connectivity index (χ0) is 16.8. The highest BCUT2D eigenvalue weighted by Gasteiger charge is 2.40. The first-order valence-electron chi connectivity index (χ1n) is 9.13. The highest BCUT2D eigenvalue weighted by atomic mass is 16.5. The van der Waals surface area contributed by atoms with Gasteiger partial charge in [-0.3, -0.25) is 4.79 Å². The van der Waals surface area contributed by atoms with Crippen LogP contribution >= 0.6 is 0 Å². The summed E-state index contributed by atoms with van der Waals surface area (Å²) in [6.07, 6.45) is 9.00. The number of nitrogens with zero attached hydrogens (tertiary/aromatic N) is 1. The van der Waals surface area contributed by atoms with Crippen LogP contribution in [0, 0.1) is 17.2 Å². The Kier molecular flexibility index (Phi) is 5.52. The van der Waals surface area contributed by atoms with Gasteiger partial charge in [0.2, 0.25) is 5.91 Å². The van der Waals surface area contributed by atoms with Crippen LogP contribution < -0.4 is 5.32 Å². The van der Waals surface area contributed by atoms with Crippen molar-refractivity contribution in [3.05, 3.63) is 35.4 Å². The van der Waals surface area contributed by atoms with Crippen molar-refractivity contribution in [3.63, 3.8) is 0 Å². The Morgan fingerprint density at radius 2 is 2.08 bits per heavy atom. The third kappa shape index (κ3) is 3.96. The predicted molar refractivity (Wildman–Crippen MR) is 94.3 cm³/mol. The van der Waals surface area contributed by atoms with Crippen molar-refractivity contribution in [1.82, 2.24) is 5.32 Å². The minimum atomic E-state index is -0.452. The van der Waals surface area contributed by atoms with Gasteiger partial charge in [0.05, 0.1) is 24.8 Å². The first kappa shape index (κ1) is 17.0. The van der Waals surface area contributed by atoms with Crippen LogP contribution in [-0.4, -0.2) is 19.1 Å². The van der Waals surface area contributed by atoms with Gasteiger partial charge in [-0.1, -0.05) is 37.8 Å². The Labute approximate surface area is 145 Å². The molecule has 1 aromatic carbocycles. The van der Waals surface area contributed by atoms with Crippen molar-refractivity contribution in [3.8, 4) is 6.07 Å². The van der Waals surface area contributed by atoms with E-state index in [0.29, 0.717) is 31.1 Å². The molecule has 1 aromatic rings. The van der Waals surface area contributed by atoms with Gasteiger partial charge in [-0.25, -0.2) is 0 Å². The molecule has 0 bridgehead atoms. The fourth-order valence-electron chi connectivity index (χ4n) is 3.83. The number of rotatable bonds is 5. The molecular formula is C20H28N2O2. The number of ether oxygens (including phenoxy) is 1. The summed E-state index contributed by atoms with van der Waals surface area (Å²) in [7, 11) is 0. The van der Waals surface area contributed by atoms with Gasteiger partial charge in [-0.15, -0.1) is 0 Å². The molecule has 24 heavy (non-hydrogen) atoms. The van der Waals surface area contributed by atoms with Crippen LogP contribution in [0.15, 0.2) is 24.3 Å². The van der Waals surface area contributed by atoms with Gasteiger partial charge in [0, 0.05) is 14.3 Å². The van der Waals surface area contributed by atoms with Crippen LogP contribution in [0.25, 0.3) is 0 Å². The van der Waals surface area contributed by atoms with E-state index in [1.165, 1.54) is 38.5 Å². The quantitative estimate of drug-likeness (QED) is 0.834. The number of carbonyl (C=O) groups is 1. The SMILES string of the molecule is N#Cc1cccc([C@@]2(CNC(=O)CC3CCCCCC3)CCO2)c1.[HH]. The molecule has 2 aliphatic rings. The Morgan fingerprint density at radius 3 is 2.71 bits per heavy atom. The molecule has 2 fully saturated rings. The maximum absolute atomic E-state index is 12.3. The number of nitrogens with one attached hydrogen (secondary N) is 1. The van der Waals surface area contributed by atoms with Gasteiger partial charge < -0.3 is 10.1 Å². The molecule has 0 aromatic heterocycles. The van der Waals surface area contributed by atoms with Gasteiger partial charge in [0.1, 0.15) is 5.60 Å². The molecule has 1 N–H and O–H groups in total. The zero-order valence-corrected chi connectivity index (χ0v) is 14.2. The normalized spacial score (nSPS) is 24.5. The minimum Gasteiger partial charge on any atom is -0.368 e. The van der Waals surface area contributed by atoms with Crippen molar-refractivity contribution in [2.45, 2.75) is 57.0 Å². The summed E-state index contributed by atoms with van der Waals surface area (Å²) in [5, 5.41) is 12.2. The number of nitriles is 1. The molecule has 4 nitrogen and oxygen atoms in total. The Balaban J connectivity index is 0.00000225. The maximum atomic E-state index is 12.3. The second-order valence-electron chi connectivity index (χ2n) is 7.12. The third-order valence-electron chi connectivity index (χ3n) is 5.42. The number of carbonyl (C=O) groups excluding carboxylic acids is 1. The lowest BCUT2D eigenvalue weighted by Crippen LogP contribution is -2.50. The molecule has 1 saturated heterocycles. The molecule has 1 heterocycles. The van der Waals surface area contributed by atoms with Gasteiger partial charge in [-0.2, -0.15) is 5.26 Å². The molecule has 3 rings (SSSR count). The molecule has 4 heteroatoms.